The molecule has 1 heterocycles. The van der Waals surface area contributed by atoms with Crippen LogP contribution in [0.15, 0.2) is 30.3 Å². The molecule has 0 bridgehead atoms. The minimum Gasteiger partial charge on any atom is -0.375 e. The Hall–Kier alpha value is -2.02. The highest BCUT2D eigenvalue weighted by Crippen LogP contribution is 2.49. The number of fused-ring (bicyclic) bond motifs is 1. The van der Waals surface area contributed by atoms with Gasteiger partial charge in [-0.1, -0.05) is 35.3 Å². The number of amides is 1. The van der Waals surface area contributed by atoms with Crippen molar-refractivity contribution in [2.45, 2.75) is 43.0 Å². The van der Waals surface area contributed by atoms with Crippen LogP contribution in [0, 0.1) is 5.82 Å². The van der Waals surface area contributed by atoms with Gasteiger partial charge in [-0.3, -0.25) is 9.59 Å². The van der Waals surface area contributed by atoms with Gasteiger partial charge in [0.25, 0.3) is 0 Å². The zero-order valence-corrected chi connectivity index (χ0v) is 21.8. The molecular weight excluding hydrogens is 586 g/mol. The van der Waals surface area contributed by atoms with E-state index in [0.717, 1.165) is 4.90 Å². The molecule has 0 saturated heterocycles. The summed E-state index contributed by atoms with van der Waals surface area (Å²) in [5.74, 6) is -3.16. The average Bonchev–Trinajstić information content (AvgIpc) is 2.90. The van der Waals surface area contributed by atoms with Crippen molar-refractivity contribution >= 4 is 47.5 Å². The molecule has 3 rings (SSSR count). The molecule has 0 saturated carbocycles. The van der Waals surface area contributed by atoms with E-state index >= 15 is 0 Å². The van der Waals surface area contributed by atoms with Crippen LogP contribution in [0.5, 0.6) is 0 Å². The van der Waals surface area contributed by atoms with E-state index in [1.54, 1.807) is 0 Å². The van der Waals surface area contributed by atoms with Crippen molar-refractivity contribution in [2.24, 2.45) is 0 Å². The van der Waals surface area contributed by atoms with Gasteiger partial charge in [-0.25, -0.2) is 4.39 Å². The summed E-state index contributed by atoms with van der Waals surface area (Å²) in [5, 5.41) is -1.33. The molecule has 4 nitrogen and oxygen atoms in total. The van der Waals surface area contributed by atoms with E-state index in [4.69, 9.17) is 27.9 Å². The van der Waals surface area contributed by atoms with Gasteiger partial charge in [0, 0.05) is 25.1 Å². The summed E-state index contributed by atoms with van der Waals surface area (Å²) < 4.78 is 96.4. The third-order valence-electron chi connectivity index (χ3n) is 5.99. The first-order valence-electron chi connectivity index (χ1n) is 11.0. The number of nitrogens with zero attached hydrogens (tertiary/aromatic N) is 1. The topological polar surface area (TPSA) is 46.6 Å². The summed E-state index contributed by atoms with van der Waals surface area (Å²) >= 11 is 15.1. The van der Waals surface area contributed by atoms with Gasteiger partial charge in [0.2, 0.25) is 5.91 Å². The van der Waals surface area contributed by atoms with Crippen LogP contribution in [0.2, 0.25) is 10.0 Å². The number of carbonyl (C=O) groups is 2. The molecule has 0 aromatic heterocycles. The van der Waals surface area contributed by atoms with Gasteiger partial charge in [0.1, 0.15) is 11.2 Å². The predicted molar refractivity (Wildman–Crippen MR) is 129 cm³/mol. The Bertz CT molecular complexity index is 1200. The van der Waals surface area contributed by atoms with Crippen LogP contribution in [0.3, 0.4) is 0 Å². The minimum absolute atomic E-state index is 0.0432. The first kappa shape index (κ1) is 30.5. The van der Waals surface area contributed by atoms with Gasteiger partial charge in [0.15, 0.2) is 11.6 Å². The zero-order chi connectivity index (χ0) is 28.5. The maximum absolute atomic E-state index is 14.1. The van der Waals surface area contributed by atoms with Gasteiger partial charge in [-0.15, -0.1) is 0 Å². The molecule has 0 radical (unpaired) electrons. The van der Waals surface area contributed by atoms with E-state index in [-0.39, 0.29) is 38.3 Å². The SMILES string of the molecule is O=C(CC(S)(c1cc(Cl)c(F)c(Cl)c1)C(F)(F)F)c1ccc2c(c1)COCCN(C(=O)CC(F)(F)F)CC2. The smallest absolute Gasteiger partial charge is 0.375 e. The fourth-order valence-electron chi connectivity index (χ4n) is 3.93. The number of thiol groups is 1. The molecule has 2 aromatic rings. The van der Waals surface area contributed by atoms with Gasteiger partial charge in [0.05, 0.1) is 23.3 Å². The number of ether oxygens (including phenoxy) is 1. The molecule has 0 spiro atoms. The molecule has 0 N–H and O–H groups in total. The molecule has 1 unspecified atom stereocenters. The zero-order valence-electron chi connectivity index (χ0n) is 19.4. The molecule has 14 heteroatoms. The first-order valence-corrected chi connectivity index (χ1v) is 12.2. The van der Waals surface area contributed by atoms with E-state index in [2.05, 4.69) is 12.6 Å². The Balaban J connectivity index is 1.85. The summed E-state index contributed by atoms with van der Waals surface area (Å²) in [5.41, 5.74) is 0.273. The fourth-order valence-corrected chi connectivity index (χ4v) is 4.69. The molecule has 2 aromatic carbocycles. The lowest BCUT2D eigenvalue weighted by atomic mass is 9.88. The molecule has 38 heavy (non-hydrogen) atoms. The van der Waals surface area contributed by atoms with Crippen molar-refractivity contribution < 1.29 is 45.1 Å². The van der Waals surface area contributed by atoms with Gasteiger partial charge in [-0.2, -0.15) is 39.0 Å². The third kappa shape index (κ3) is 7.13. The van der Waals surface area contributed by atoms with Crippen molar-refractivity contribution in [3.05, 3.63) is 68.4 Å². The number of benzene rings is 2. The maximum atomic E-state index is 14.1. The van der Waals surface area contributed by atoms with Crippen molar-refractivity contribution in [3.63, 3.8) is 0 Å². The number of Topliss-reactive ketones (excluding diaryl/α,β-unsaturated/α-hetero) is 1. The Labute approximate surface area is 228 Å². The van der Waals surface area contributed by atoms with Gasteiger partial charge in [-0.05, 0) is 41.3 Å². The lowest BCUT2D eigenvalue weighted by molar-refractivity contribution is -0.162. The molecule has 0 aliphatic carbocycles. The van der Waals surface area contributed by atoms with E-state index in [1.165, 1.54) is 18.2 Å². The first-order chi connectivity index (χ1) is 17.5. The largest absolute Gasteiger partial charge is 0.407 e. The van der Waals surface area contributed by atoms with Crippen molar-refractivity contribution in [1.82, 2.24) is 4.90 Å². The maximum Gasteiger partial charge on any atom is 0.407 e. The monoisotopic (exact) mass is 605 g/mol. The summed E-state index contributed by atoms with van der Waals surface area (Å²) in [6, 6.07) is 5.47. The van der Waals surface area contributed by atoms with Crippen LogP contribution in [0.1, 0.15) is 39.9 Å². The predicted octanol–water partition coefficient (Wildman–Crippen LogP) is 6.95. The highest BCUT2D eigenvalue weighted by atomic mass is 35.5. The second kappa shape index (κ2) is 11.6. The number of carbonyl (C=O) groups excluding carboxylic acids is 2. The second-order valence-corrected chi connectivity index (χ2v) is 10.2. The Morgan fingerprint density at radius 1 is 0.947 bits per heavy atom. The number of alkyl halides is 6. The molecule has 1 aliphatic heterocycles. The van der Waals surface area contributed by atoms with E-state index in [9.17, 15) is 40.3 Å². The number of hydrogen-bond acceptors (Lipinski definition) is 4. The van der Waals surface area contributed by atoms with Crippen LogP contribution in [0.4, 0.5) is 30.7 Å². The lowest BCUT2D eigenvalue weighted by Crippen LogP contribution is -2.39. The normalized spacial score (nSPS) is 16.6. The fraction of sp³-hybridized carbons (Fsp3) is 0.417. The molecular formula is C24H20Cl2F7NO3S. The quantitative estimate of drug-likeness (QED) is 0.174. The van der Waals surface area contributed by atoms with Crippen molar-refractivity contribution in [1.29, 1.82) is 0 Å². The Morgan fingerprint density at radius 3 is 2.16 bits per heavy atom. The van der Waals surface area contributed by atoms with Crippen molar-refractivity contribution in [3.8, 4) is 0 Å². The molecule has 208 valence electrons. The Morgan fingerprint density at radius 2 is 1.58 bits per heavy atom. The number of rotatable bonds is 5. The van der Waals surface area contributed by atoms with Crippen LogP contribution >= 0.6 is 35.8 Å². The van der Waals surface area contributed by atoms with Crippen LogP contribution in [0.25, 0.3) is 0 Å². The van der Waals surface area contributed by atoms with Crippen molar-refractivity contribution in [2.75, 3.05) is 19.7 Å². The standard InChI is InChI=1S/C24H20Cl2F7NO3S/c25-17-8-16(9-18(26)21(17)27)22(38,24(31,32)33)10-19(35)14-2-1-13-3-4-34(20(36)11-23(28,29)30)5-6-37-12-15(13)7-14/h1-2,7-9,38H,3-6,10-12H2. The van der Waals surface area contributed by atoms with E-state index in [1.807, 2.05) is 0 Å². The Kier molecular flexibility index (Phi) is 9.33. The lowest BCUT2D eigenvalue weighted by Gasteiger charge is -2.31. The van der Waals surface area contributed by atoms with E-state index < -0.39 is 63.1 Å². The summed E-state index contributed by atoms with van der Waals surface area (Å²) in [7, 11) is 0. The summed E-state index contributed by atoms with van der Waals surface area (Å²) in [4.78, 5) is 26.0. The number of halogens is 9. The molecule has 1 atom stereocenters. The third-order valence-corrected chi connectivity index (χ3v) is 7.21. The second-order valence-electron chi connectivity index (χ2n) is 8.67. The highest BCUT2D eigenvalue weighted by molar-refractivity contribution is 7.81. The molecule has 0 fully saturated rings. The number of ketones is 1. The van der Waals surface area contributed by atoms with Gasteiger partial charge >= 0.3 is 12.4 Å². The van der Waals surface area contributed by atoms with Crippen LogP contribution in [-0.2, 0) is 27.3 Å². The summed E-state index contributed by atoms with van der Waals surface area (Å²) in [6.07, 6.45) is -12.4. The highest BCUT2D eigenvalue weighted by Gasteiger charge is 2.55. The van der Waals surface area contributed by atoms with Gasteiger partial charge < -0.3 is 9.64 Å². The summed E-state index contributed by atoms with van der Waals surface area (Å²) in [6.45, 7) is -0.281. The minimum atomic E-state index is -5.06. The van der Waals surface area contributed by atoms with Crippen LogP contribution in [-0.4, -0.2) is 48.6 Å². The average molecular weight is 606 g/mol. The molecule has 1 amide bonds. The molecule has 1 aliphatic rings. The number of hydrogen-bond donors (Lipinski definition) is 1. The van der Waals surface area contributed by atoms with E-state index in [0.29, 0.717) is 23.3 Å². The van der Waals surface area contributed by atoms with Crippen LogP contribution < -0.4 is 0 Å².